The van der Waals surface area contributed by atoms with Gasteiger partial charge in [-0.15, -0.1) is 0 Å². The number of nitrogens with two attached hydrogens (primary N) is 1. The lowest BCUT2D eigenvalue weighted by Gasteiger charge is -2.37. The van der Waals surface area contributed by atoms with Crippen LogP contribution in [0.15, 0.2) is 24.3 Å². The molecule has 0 aromatic heterocycles. The molecule has 0 saturated carbocycles. The van der Waals surface area contributed by atoms with Crippen molar-refractivity contribution in [2.24, 2.45) is 5.73 Å². The molecule has 0 amide bonds. The van der Waals surface area contributed by atoms with Gasteiger partial charge in [0.25, 0.3) is 0 Å². The van der Waals surface area contributed by atoms with Crippen LogP contribution < -0.4 is 5.73 Å². The number of methoxy groups -OCH3 is 1. The molecule has 3 unspecified atom stereocenters. The average Bonchev–Trinajstić information content (AvgIpc) is 2.79. The number of morpholine rings is 1. The minimum absolute atomic E-state index is 0.291. The van der Waals surface area contributed by atoms with Gasteiger partial charge in [-0.05, 0) is 24.0 Å². The summed E-state index contributed by atoms with van der Waals surface area (Å²) < 4.78 is 11.1. The van der Waals surface area contributed by atoms with E-state index in [9.17, 15) is 0 Å². The van der Waals surface area contributed by atoms with Gasteiger partial charge in [0.2, 0.25) is 0 Å². The largest absolute Gasteiger partial charge is 0.380 e. The second kappa shape index (κ2) is 6.22. The highest BCUT2D eigenvalue weighted by Crippen LogP contribution is 2.31. The molecule has 20 heavy (non-hydrogen) atoms. The molecule has 4 heteroatoms. The zero-order valence-corrected chi connectivity index (χ0v) is 12.1. The van der Waals surface area contributed by atoms with Crippen LogP contribution in [0.4, 0.5) is 0 Å². The lowest BCUT2D eigenvalue weighted by molar-refractivity contribution is -0.0521. The van der Waals surface area contributed by atoms with E-state index in [4.69, 9.17) is 15.2 Å². The van der Waals surface area contributed by atoms with Crippen LogP contribution in [0.3, 0.4) is 0 Å². The second-order valence-corrected chi connectivity index (χ2v) is 5.84. The molecular weight excluding hydrogens is 252 g/mol. The number of likely N-dealkylation sites (tertiary alicyclic amines) is 1. The van der Waals surface area contributed by atoms with Gasteiger partial charge in [-0.1, -0.05) is 24.3 Å². The van der Waals surface area contributed by atoms with Gasteiger partial charge in [0, 0.05) is 32.8 Å². The van der Waals surface area contributed by atoms with Gasteiger partial charge in [0.05, 0.1) is 18.8 Å². The third-order valence-corrected chi connectivity index (χ3v) is 4.38. The van der Waals surface area contributed by atoms with Crippen LogP contribution in [0.5, 0.6) is 0 Å². The van der Waals surface area contributed by atoms with Crippen molar-refractivity contribution in [3.8, 4) is 0 Å². The van der Waals surface area contributed by atoms with E-state index in [-0.39, 0.29) is 0 Å². The molecule has 2 aliphatic heterocycles. The number of benzene rings is 1. The molecule has 2 fully saturated rings. The summed E-state index contributed by atoms with van der Waals surface area (Å²) in [6.07, 6.45) is 3.21. The van der Waals surface area contributed by atoms with Crippen LogP contribution in [0.2, 0.25) is 0 Å². The molecule has 2 N–H and O–H groups in total. The fourth-order valence-corrected chi connectivity index (χ4v) is 3.45. The number of rotatable bonds is 5. The van der Waals surface area contributed by atoms with Gasteiger partial charge >= 0.3 is 0 Å². The van der Waals surface area contributed by atoms with E-state index in [1.165, 1.54) is 24.0 Å². The Morgan fingerprint density at radius 2 is 2.10 bits per heavy atom. The smallest absolute Gasteiger partial charge is 0.0713 e. The van der Waals surface area contributed by atoms with Crippen LogP contribution in [-0.2, 0) is 16.1 Å². The average molecular weight is 276 g/mol. The summed E-state index contributed by atoms with van der Waals surface area (Å²) in [7, 11) is 1.73. The molecule has 3 atom stereocenters. The quantitative estimate of drug-likeness (QED) is 0.889. The zero-order chi connectivity index (χ0) is 13.9. The second-order valence-electron chi connectivity index (χ2n) is 5.84. The standard InChI is InChI=1S/C16H24N2O2/c1-19-11-12-3-2-4-13(7-12)16(8-17)18-9-14-5-6-15(10-18)20-14/h2-4,7,14-16H,5-6,8-11,17H2,1H3. The Morgan fingerprint density at radius 3 is 2.75 bits per heavy atom. The molecule has 2 saturated heterocycles. The van der Waals surface area contributed by atoms with E-state index in [1.807, 2.05) is 0 Å². The van der Waals surface area contributed by atoms with Gasteiger partial charge in [0.1, 0.15) is 0 Å². The Balaban J connectivity index is 1.77. The molecule has 2 aliphatic rings. The van der Waals surface area contributed by atoms with E-state index in [0.717, 1.165) is 13.1 Å². The Morgan fingerprint density at radius 1 is 1.35 bits per heavy atom. The minimum Gasteiger partial charge on any atom is -0.380 e. The number of ether oxygens (including phenoxy) is 2. The fraction of sp³-hybridized carbons (Fsp3) is 0.625. The number of nitrogens with zero attached hydrogens (tertiary/aromatic N) is 1. The maximum absolute atomic E-state index is 6.06. The molecule has 1 aromatic rings. The maximum Gasteiger partial charge on any atom is 0.0713 e. The SMILES string of the molecule is COCc1cccc(C(CN)N2CC3CCC(C2)O3)c1. The molecule has 2 heterocycles. The summed E-state index contributed by atoms with van der Waals surface area (Å²) in [6.45, 7) is 3.31. The normalized spacial score (nSPS) is 27.7. The third-order valence-electron chi connectivity index (χ3n) is 4.38. The Labute approximate surface area is 120 Å². The van der Waals surface area contributed by atoms with E-state index < -0.39 is 0 Å². The van der Waals surface area contributed by atoms with Crippen molar-refractivity contribution in [1.29, 1.82) is 0 Å². The summed E-state index contributed by atoms with van der Waals surface area (Å²) >= 11 is 0. The van der Waals surface area contributed by atoms with Gasteiger partial charge in [0.15, 0.2) is 0 Å². The first-order chi connectivity index (χ1) is 9.80. The van der Waals surface area contributed by atoms with Crippen LogP contribution in [0.1, 0.15) is 30.0 Å². The first-order valence-corrected chi connectivity index (χ1v) is 7.47. The van der Waals surface area contributed by atoms with E-state index in [1.54, 1.807) is 7.11 Å². The molecule has 0 radical (unpaired) electrons. The first kappa shape index (κ1) is 14.0. The highest BCUT2D eigenvalue weighted by atomic mass is 16.5. The van der Waals surface area contributed by atoms with Gasteiger partial charge < -0.3 is 15.2 Å². The van der Waals surface area contributed by atoms with Crippen LogP contribution >= 0.6 is 0 Å². The van der Waals surface area contributed by atoms with Gasteiger partial charge in [-0.25, -0.2) is 0 Å². The van der Waals surface area contributed by atoms with Crippen molar-refractivity contribution < 1.29 is 9.47 Å². The fourth-order valence-electron chi connectivity index (χ4n) is 3.45. The van der Waals surface area contributed by atoms with Crippen molar-refractivity contribution in [2.45, 2.75) is 37.7 Å². The molecule has 1 aromatic carbocycles. The number of fused-ring (bicyclic) bond motifs is 2. The lowest BCUT2D eigenvalue weighted by atomic mass is 10.0. The molecule has 4 nitrogen and oxygen atoms in total. The summed E-state index contributed by atoms with van der Waals surface area (Å²) in [5.74, 6) is 0. The van der Waals surface area contributed by atoms with Crippen molar-refractivity contribution >= 4 is 0 Å². The summed E-state index contributed by atoms with van der Waals surface area (Å²) in [6, 6.07) is 8.89. The number of hydrogen-bond donors (Lipinski definition) is 1. The van der Waals surface area contributed by atoms with Crippen LogP contribution in [0, 0.1) is 0 Å². The van der Waals surface area contributed by atoms with Crippen molar-refractivity contribution in [2.75, 3.05) is 26.7 Å². The van der Waals surface area contributed by atoms with E-state index in [2.05, 4.69) is 29.2 Å². The Hall–Kier alpha value is -0.940. The van der Waals surface area contributed by atoms with Crippen molar-refractivity contribution in [3.05, 3.63) is 35.4 Å². The number of hydrogen-bond acceptors (Lipinski definition) is 4. The first-order valence-electron chi connectivity index (χ1n) is 7.47. The highest BCUT2D eigenvalue weighted by Gasteiger charge is 2.36. The Bertz CT molecular complexity index is 440. The highest BCUT2D eigenvalue weighted by molar-refractivity contribution is 5.26. The molecule has 110 valence electrons. The van der Waals surface area contributed by atoms with Gasteiger partial charge in [-0.2, -0.15) is 0 Å². The van der Waals surface area contributed by atoms with E-state index in [0.29, 0.717) is 31.4 Å². The third kappa shape index (κ3) is 2.88. The predicted molar refractivity (Wildman–Crippen MR) is 78.4 cm³/mol. The molecule has 0 aliphatic carbocycles. The van der Waals surface area contributed by atoms with E-state index >= 15 is 0 Å². The minimum atomic E-state index is 0.291. The molecule has 2 bridgehead atoms. The van der Waals surface area contributed by atoms with Crippen molar-refractivity contribution in [3.63, 3.8) is 0 Å². The zero-order valence-electron chi connectivity index (χ0n) is 12.1. The van der Waals surface area contributed by atoms with Crippen LogP contribution in [-0.4, -0.2) is 43.9 Å². The molecular formula is C16H24N2O2. The summed E-state index contributed by atoms with van der Waals surface area (Å²) in [5.41, 5.74) is 8.56. The monoisotopic (exact) mass is 276 g/mol. The molecule has 0 spiro atoms. The summed E-state index contributed by atoms with van der Waals surface area (Å²) in [5, 5.41) is 0. The van der Waals surface area contributed by atoms with Crippen molar-refractivity contribution in [1.82, 2.24) is 4.90 Å². The topological polar surface area (TPSA) is 47.7 Å². The molecule has 3 rings (SSSR count). The van der Waals surface area contributed by atoms with Gasteiger partial charge in [-0.3, -0.25) is 4.90 Å². The maximum atomic E-state index is 6.06. The summed E-state index contributed by atoms with van der Waals surface area (Å²) in [4.78, 5) is 2.50. The predicted octanol–water partition coefficient (Wildman–Crippen LogP) is 1.70. The lowest BCUT2D eigenvalue weighted by Crippen LogP contribution is -2.46. The Kier molecular flexibility index (Phi) is 4.36. The van der Waals surface area contributed by atoms with Crippen LogP contribution in [0.25, 0.3) is 0 Å².